The molecule has 1 heterocycles. The third-order valence-corrected chi connectivity index (χ3v) is 8.08. The van der Waals surface area contributed by atoms with Crippen molar-refractivity contribution in [1.82, 2.24) is 4.98 Å². The van der Waals surface area contributed by atoms with Crippen molar-refractivity contribution in [2.75, 3.05) is 17.7 Å². The summed E-state index contributed by atoms with van der Waals surface area (Å²) < 4.78 is 6.23. The maximum Gasteiger partial charge on any atom is 0.255 e. The van der Waals surface area contributed by atoms with E-state index < -0.39 is 5.25 Å². The largest absolute Gasteiger partial charge is 0.497 e. The van der Waals surface area contributed by atoms with Gasteiger partial charge < -0.3 is 15.4 Å². The Balaban J connectivity index is 1.37. The predicted molar refractivity (Wildman–Crippen MR) is 155 cm³/mol. The molecule has 0 fully saturated rings. The topological polar surface area (TPSA) is 80.3 Å². The minimum atomic E-state index is -0.528. The lowest BCUT2D eigenvalue weighted by Gasteiger charge is -2.17. The summed E-state index contributed by atoms with van der Waals surface area (Å²) in [5.74, 6) is 0.391. The van der Waals surface area contributed by atoms with Crippen LogP contribution in [0.25, 0.3) is 10.2 Å². The molecule has 2 amide bonds. The van der Waals surface area contributed by atoms with Crippen LogP contribution in [0.3, 0.4) is 0 Å². The molecule has 1 unspecified atom stereocenters. The number of fused-ring (bicyclic) bond motifs is 1. The number of anilines is 2. The molecular weight excluding hydrogens is 514 g/mol. The van der Waals surface area contributed by atoms with Crippen LogP contribution < -0.4 is 15.4 Å². The molecule has 6 nitrogen and oxygen atoms in total. The van der Waals surface area contributed by atoms with E-state index in [1.165, 1.54) is 23.1 Å². The SMILES string of the molecule is COc1ccc2nc(NC(=O)C(Sc3cccc(NC(=O)c4ccccc4C)c3)c3ccccc3)sc2c1. The van der Waals surface area contributed by atoms with Gasteiger partial charge in [0.15, 0.2) is 5.13 Å². The van der Waals surface area contributed by atoms with E-state index in [1.807, 2.05) is 97.9 Å². The Morgan fingerprint density at radius 2 is 1.68 bits per heavy atom. The Labute approximate surface area is 229 Å². The van der Waals surface area contributed by atoms with E-state index in [0.717, 1.165) is 32.0 Å². The molecule has 0 radical (unpaired) electrons. The highest BCUT2D eigenvalue weighted by Gasteiger charge is 2.23. The van der Waals surface area contributed by atoms with Crippen molar-refractivity contribution in [1.29, 1.82) is 0 Å². The molecular formula is C30H25N3O3S2. The summed E-state index contributed by atoms with van der Waals surface area (Å²) in [6.07, 6.45) is 0. The van der Waals surface area contributed by atoms with Gasteiger partial charge in [-0.3, -0.25) is 9.59 Å². The van der Waals surface area contributed by atoms with E-state index in [0.29, 0.717) is 16.4 Å². The zero-order chi connectivity index (χ0) is 26.5. The summed E-state index contributed by atoms with van der Waals surface area (Å²) in [7, 11) is 1.62. The van der Waals surface area contributed by atoms with E-state index in [9.17, 15) is 9.59 Å². The van der Waals surface area contributed by atoms with E-state index >= 15 is 0 Å². The Morgan fingerprint density at radius 1 is 0.895 bits per heavy atom. The van der Waals surface area contributed by atoms with E-state index in [4.69, 9.17) is 4.74 Å². The number of amides is 2. The first-order valence-electron chi connectivity index (χ1n) is 11.9. The molecule has 190 valence electrons. The fourth-order valence-electron chi connectivity index (χ4n) is 3.97. The minimum Gasteiger partial charge on any atom is -0.497 e. The fourth-order valence-corrected chi connectivity index (χ4v) is 5.95. The van der Waals surface area contributed by atoms with E-state index in [2.05, 4.69) is 15.6 Å². The summed E-state index contributed by atoms with van der Waals surface area (Å²) in [4.78, 5) is 31.8. The lowest BCUT2D eigenvalue weighted by atomic mass is 10.1. The highest BCUT2D eigenvalue weighted by Crippen LogP contribution is 2.38. The molecule has 4 aromatic carbocycles. The predicted octanol–water partition coefficient (Wildman–Crippen LogP) is 7.34. The number of carbonyl (C=O) groups is 2. The van der Waals surface area contributed by atoms with Gasteiger partial charge in [0.05, 0.1) is 17.3 Å². The van der Waals surface area contributed by atoms with Crippen molar-refractivity contribution in [3.63, 3.8) is 0 Å². The number of benzene rings is 4. The Kier molecular flexibility index (Phi) is 7.72. The molecule has 1 aromatic heterocycles. The second-order valence-corrected chi connectivity index (χ2v) is 10.8. The van der Waals surface area contributed by atoms with Crippen LogP contribution in [-0.4, -0.2) is 23.9 Å². The van der Waals surface area contributed by atoms with Crippen LogP contribution in [0.5, 0.6) is 5.75 Å². The summed E-state index contributed by atoms with van der Waals surface area (Å²) in [6.45, 7) is 1.91. The monoisotopic (exact) mass is 539 g/mol. The van der Waals surface area contributed by atoms with Crippen molar-refractivity contribution in [3.8, 4) is 5.75 Å². The number of ether oxygens (including phenoxy) is 1. The number of nitrogens with zero attached hydrogens (tertiary/aromatic N) is 1. The molecule has 0 aliphatic rings. The van der Waals surface area contributed by atoms with Crippen molar-refractivity contribution < 1.29 is 14.3 Å². The fraction of sp³-hybridized carbons (Fsp3) is 0.100. The van der Waals surface area contributed by atoms with Gasteiger partial charge in [0, 0.05) is 16.1 Å². The average Bonchev–Trinajstić information content (AvgIpc) is 3.34. The molecule has 8 heteroatoms. The number of aryl methyl sites for hydroxylation is 1. The van der Waals surface area contributed by atoms with Crippen molar-refractivity contribution in [2.45, 2.75) is 17.1 Å². The highest BCUT2D eigenvalue weighted by molar-refractivity contribution is 8.00. The normalized spacial score (nSPS) is 11.6. The molecule has 0 saturated carbocycles. The van der Waals surface area contributed by atoms with Crippen LogP contribution in [0.2, 0.25) is 0 Å². The maximum absolute atomic E-state index is 13.5. The molecule has 0 saturated heterocycles. The summed E-state index contributed by atoms with van der Waals surface area (Å²) >= 11 is 2.82. The lowest BCUT2D eigenvalue weighted by Crippen LogP contribution is -2.19. The first-order valence-corrected chi connectivity index (χ1v) is 13.6. The van der Waals surface area contributed by atoms with E-state index in [1.54, 1.807) is 13.2 Å². The highest BCUT2D eigenvalue weighted by atomic mass is 32.2. The molecule has 38 heavy (non-hydrogen) atoms. The molecule has 0 aliphatic carbocycles. The number of carbonyl (C=O) groups excluding carboxylic acids is 2. The third kappa shape index (κ3) is 5.88. The van der Waals surface area contributed by atoms with Gasteiger partial charge in [-0.05, 0) is 60.5 Å². The molecule has 5 rings (SSSR count). The lowest BCUT2D eigenvalue weighted by molar-refractivity contribution is -0.115. The number of methoxy groups -OCH3 is 1. The van der Waals surface area contributed by atoms with Crippen molar-refractivity contribution >= 4 is 55.9 Å². The van der Waals surface area contributed by atoms with Crippen LogP contribution in [0.1, 0.15) is 26.7 Å². The van der Waals surface area contributed by atoms with Gasteiger partial charge in [0.1, 0.15) is 11.0 Å². The second-order valence-electron chi connectivity index (χ2n) is 8.55. The first-order chi connectivity index (χ1) is 18.5. The van der Waals surface area contributed by atoms with Crippen molar-refractivity contribution in [3.05, 3.63) is 114 Å². The van der Waals surface area contributed by atoms with Crippen LogP contribution >= 0.6 is 23.1 Å². The molecule has 0 bridgehead atoms. The zero-order valence-corrected chi connectivity index (χ0v) is 22.4. The van der Waals surface area contributed by atoms with Gasteiger partial charge in [-0.2, -0.15) is 0 Å². The zero-order valence-electron chi connectivity index (χ0n) is 20.8. The maximum atomic E-state index is 13.5. The smallest absolute Gasteiger partial charge is 0.255 e. The van der Waals surface area contributed by atoms with Gasteiger partial charge in [0.2, 0.25) is 5.91 Å². The number of rotatable bonds is 8. The van der Waals surface area contributed by atoms with Crippen LogP contribution in [0, 0.1) is 6.92 Å². The Bertz CT molecular complexity index is 1600. The minimum absolute atomic E-state index is 0.171. The number of hydrogen-bond donors (Lipinski definition) is 2. The van der Waals surface area contributed by atoms with Gasteiger partial charge in [-0.25, -0.2) is 4.98 Å². The number of thioether (sulfide) groups is 1. The summed E-state index contributed by atoms with van der Waals surface area (Å²) in [5.41, 5.74) is 3.86. The van der Waals surface area contributed by atoms with Crippen LogP contribution in [0.15, 0.2) is 102 Å². The second kappa shape index (κ2) is 11.5. The Hall–Kier alpha value is -4.14. The molecule has 1 atom stereocenters. The molecule has 0 spiro atoms. The number of nitrogens with one attached hydrogen (secondary N) is 2. The third-order valence-electron chi connectivity index (χ3n) is 5.90. The Morgan fingerprint density at radius 3 is 2.47 bits per heavy atom. The van der Waals surface area contributed by atoms with E-state index in [-0.39, 0.29) is 11.8 Å². The number of hydrogen-bond acceptors (Lipinski definition) is 6. The average molecular weight is 540 g/mol. The van der Waals surface area contributed by atoms with Gasteiger partial charge in [-0.15, -0.1) is 11.8 Å². The molecule has 0 aliphatic heterocycles. The quantitative estimate of drug-likeness (QED) is 0.202. The standard InChI is InChI=1S/C30H25N3O3S2/c1-19-9-6-7-14-24(19)28(34)31-21-12-8-13-23(17-21)37-27(20-10-4-3-5-11-20)29(35)33-30-32-25-16-15-22(36-2)18-26(25)38-30/h3-18,27H,1-2H3,(H,31,34)(H,32,33,35). The van der Waals surface area contributed by atoms with Crippen molar-refractivity contribution in [2.24, 2.45) is 0 Å². The van der Waals surface area contributed by atoms with Gasteiger partial charge in [-0.1, -0.05) is 65.9 Å². The number of thiazole rings is 1. The summed E-state index contributed by atoms with van der Waals surface area (Å²) in [5, 5.41) is 5.97. The molecule has 2 N–H and O–H groups in total. The summed E-state index contributed by atoms with van der Waals surface area (Å²) in [6, 6.07) is 30.2. The molecule has 5 aromatic rings. The number of aromatic nitrogens is 1. The first kappa shape index (κ1) is 25.5. The van der Waals surface area contributed by atoms with Crippen LogP contribution in [-0.2, 0) is 4.79 Å². The van der Waals surface area contributed by atoms with Crippen LogP contribution in [0.4, 0.5) is 10.8 Å². The van der Waals surface area contributed by atoms with Gasteiger partial charge >= 0.3 is 0 Å². The van der Waals surface area contributed by atoms with Gasteiger partial charge in [0.25, 0.3) is 5.91 Å².